The zero-order chi connectivity index (χ0) is 12.1. The zero-order valence-corrected chi connectivity index (χ0v) is 11.8. The van der Waals surface area contributed by atoms with Gasteiger partial charge in [-0.1, -0.05) is 20.3 Å². The summed E-state index contributed by atoms with van der Waals surface area (Å²) in [7, 11) is 0. The van der Waals surface area contributed by atoms with E-state index in [1.54, 1.807) is 0 Å². The van der Waals surface area contributed by atoms with Crippen LogP contribution in [0.25, 0.3) is 0 Å². The quantitative estimate of drug-likeness (QED) is 0.791. The molecule has 3 atom stereocenters. The molecule has 0 aromatic heterocycles. The van der Waals surface area contributed by atoms with Gasteiger partial charge in [0.15, 0.2) is 0 Å². The molecule has 1 saturated heterocycles. The lowest BCUT2D eigenvalue weighted by molar-refractivity contribution is 0.124. The van der Waals surface area contributed by atoms with E-state index in [2.05, 4.69) is 24.1 Å². The number of nitrogens with one attached hydrogen (secondary N) is 1. The predicted molar refractivity (Wildman–Crippen MR) is 74.4 cm³/mol. The molecule has 2 heteroatoms. The molecule has 1 saturated carbocycles. The Bertz CT molecular complexity index is 217. The molecule has 2 aliphatic rings. The van der Waals surface area contributed by atoms with E-state index in [1.807, 2.05) is 0 Å². The molecule has 1 N–H and O–H groups in total. The van der Waals surface area contributed by atoms with Gasteiger partial charge in [-0.15, -0.1) is 0 Å². The third-order valence-electron chi connectivity index (χ3n) is 4.69. The standard InChI is InChI=1S/C15H30N2/c1-3-10-16-13-7-5-8-15(12-13)17-11-6-9-14(17)4-2/h13-16H,3-12H2,1-2H3. The fraction of sp³-hybridized carbons (Fsp3) is 1.00. The first-order valence-corrected chi connectivity index (χ1v) is 7.84. The molecule has 1 heterocycles. The summed E-state index contributed by atoms with van der Waals surface area (Å²) < 4.78 is 0. The van der Waals surface area contributed by atoms with Gasteiger partial charge in [-0.3, -0.25) is 4.90 Å². The molecule has 0 aromatic carbocycles. The van der Waals surface area contributed by atoms with Gasteiger partial charge in [-0.05, 0) is 58.0 Å². The second-order valence-corrected chi connectivity index (χ2v) is 5.91. The van der Waals surface area contributed by atoms with Gasteiger partial charge in [-0.2, -0.15) is 0 Å². The maximum absolute atomic E-state index is 3.73. The highest BCUT2D eigenvalue weighted by molar-refractivity contribution is 4.89. The Morgan fingerprint density at radius 3 is 2.76 bits per heavy atom. The van der Waals surface area contributed by atoms with Crippen molar-refractivity contribution in [1.82, 2.24) is 10.2 Å². The maximum atomic E-state index is 3.73. The summed E-state index contributed by atoms with van der Waals surface area (Å²) in [5, 5.41) is 3.73. The molecule has 2 fully saturated rings. The van der Waals surface area contributed by atoms with E-state index in [9.17, 15) is 0 Å². The molecule has 2 rings (SSSR count). The van der Waals surface area contributed by atoms with Crippen LogP contribution in [0, 0.1) is 0 Å². The second-order valence-electron chi connectivity index (χ2n) is 5.91. The van der Waals surface area contributed by atoms with Gasteiger partial charge < -0.3 is 5.32 Å². The Morgan fingerprint density at radius 1 is 1.12 bits per heavy atom. The Hall–Kier alpha value is -0.0800. The first-order valence-electron chi connectivity index (χ1n) is 7.84. The van der Waals surface area contributed by atoms with Gasteiger partial charge in [0.05, 0.1) is 0 Å². The van der Waals surface area contributed by atoms with E-state index in [-0.39, 0.29) is 0 Å². The number of hydrogen-bond acceptors (Lipinski definition) is 2. The van der Waals surface area contributed by atoms with Crippen molar-refractivity contribution in [2.24, 2.45) is 0 Å². The third-order valence-corrected chi connectivity index (χ3v) is 4.69. The fourth-order valence-electron chi connectivity index (χ4n) is 3.78. The lowest BCUT2D eigenvalue weighted by Gasteiger charge is -2.38. The molecule has 0 spiro atoms. The molecular formula is C15H30N2. The van der Waals surface area contributed by atoms with Crippen LogP contribution < -0.4 is 5.32 Å². The van der Waals surface area contributed by atoms with Crippen LogP contribution >= 0.6 is 0 Å². The summed E-state index contributed by atoms with van der Waals surface area (Å²) in [6.45, 7) is 7.19. The van der Waals surface area contributed by atoms with Crippen LogP contribution in [-0.2, 0) is 0 Å². The molecule has 1 aliphatic carbocycles. The number of hydrogen-bond donors (Lipinski definition) is 1. The summed E-state index contributed by atoms with van der Waals surface area (Å²) >= 11 is 0. The van der Waals surface area contributed by atoms with Crippen LogP contribution in [0.15, 0.2) is 0 Å². The van der Waals surface area contributed by atoms with Gasteiger partial charge in [0.2, 0.25) is 0 Å². The van der Waals surface area contributed by atoms with Crippen molar-refractivity contribution < 1.29 is 0 Å². The number of nitrogens with zero attached hydrogens (tertiary/aromatic N) is 1. The van der Waals surface area contributed by atoms with Gasteiger partial charge in [0, 0.05) is 18.1 Å². The molecule has 100 valence electrons. The molecule has 2 nitrogen and oxygen atoms in total. The van der Waals surface area contributed by atoms with Crippen LogP contribution in [0.2, 0.25) is 0 Å². The lowest BCUT2D eigenvalue weighted by Crippen LogP contribution is -2.46. The lowest BCUT2D eigenvalue weighted by atomic mass is 9.89. The zero-order valence-electron chi connectivity index (χ0n) is 11.8. The second kappa shape index (κ2) is 6.75. The largest absolute Gasteiger partial charge is 0.314 e. The van der Waals surface area contributed by atoms with Crippen LogP contribution in [0.5, 0.6) is 0 Å². The molecular weight excluding hydrogens is 208 g/mol. The summed E-state index contributed by atoms with van der Waals surface area (Å²) in [6, 6.07) is 2.57. The number of rotatable bonds is 5. The average molecular weight is 238 g/mol. The Balaban J connectivity index is 1.83. The Labute approximate surface area is 107 Å². The van der Waals surface area contributed by atoms with Crippen molar-refractivity contribution in [3.63, 3.8) is 0 Å². The number of likely N-dealkylation sites (tertiary alicyclic amines) is 1. The van der Waals surface area contributed by atoms with Gasteiger partial charge in [-0.25, -0.2) is 0 Å². The van der Waals surface area contributed by atoms with Crippen molar-refractivity contribution in [1.29, 1.82) is 0 Å². The van der Waals surface area contributed by atoms with Gasteiger partial charge in [0.25, 0.3) is 0 Å². The summed E-state index contributed by atoms with van der Waals surface area (Å²) in [5.41, 5.74) is 0. The molecule has 1 aliphatic heterocycles. The highest BCUT2D eigenvalue weighted by Crippen LogP contribution is 2.30. The Morgan fingerprint density at radius 2 is 2.00 bits per heavy atom. The van der Waals surface area contributed by atoms with E-state index in [1.165, 1.54) is 64.5 Å². The molecule has 3 unspecified atom stereocenters. The Kier molecular flexibility index (Phi) is 5.30. The van der Waals surface area contributed by atoms with Crippen LogP contribution in [0.4, 0.5) is 0 Å². The van der Waals surface area contributed by atoms with Crippen LogP contribution in [0.3, 0.4) is 0 Å². The molecule has 0 bridgehead atoms. The van der Waals surface area contributed by atoms with E-state index >= 15 is 0 Å². The highest BCUT2D eigenvalue weighted by Gasteiger charge is 2.32. The molecule has 0 aromatic rings. The smallest absolute Gasteiger partial charge is 0.0113 e. The first kappa shape index (κ1) is 13.4. The van der Waals surface area contributed by atoms with Crippen molar-refractivity contribution in [2.75, 3.05) is 13.1 Å². The van der Waals surface area contributed by atoms with Gasteiger partial charge >= 0.3 is 0 Å². The van der Waals surface area contributed by atoms with Crippen LogP contribution in [-0.4, -0.2) is 36.1 Å². The monoisotopic (exact) mass is 238 g/mol. The minimum atomic E-state index is 0.798. The highest BCUT2D eigenvalue weighted by atomic mass is 15.2. The minimum Gasteiger partial charge on any atom is -0.314 e. The predicted octanol–water partition coefficient (Wildman–Crippen LogP) is 3.17. The van der Waals surface area contributed by atoms with E-state index in [0.29, 0.717) is 0 Å². The summed E-state index contributed by atoms with van der Waals surface area (Å²) in [6.07, 6.45) is 11.2. The van der Waals surface area contributed by atoms with E-state index in [0.717, 1.165) is 18.1 Å². The van der Waals surface area contributed by atoms with Gasteiger partial charge in [0.1, 0.15) is 0 Å². The maximum Gasteiger partial charge on any atom is 0.0113 e. The fourth-order valence-corrected chi connectivity index (χ4v) is 3.78. The van der Waals surface area contributed by atoms with Crippen molar-refractivity contribution in [2.45, 2.75) is 83.3 Å². The molecule has 0 radical (unpaired) electrons. The average Bonchev–Trinajstić information content (AvgIpc) is 2.85. The van der Waals surface area contributed by atoms with E-state index in [4.69, 9.17) is 0 Å². The van der Waals surface area contributed by atoms with Crippen molar-refractivity contribution in [3.8, 4) is 0 Å². The summed E-state index contributed by atoms with van der Waals surface area (Å²) in [5.74, 6) is 0. The van der Waals surface area contributed by atoms with Crippen molar-refractivity contribution in [3.05, 3.63) is 0 Å². The topological polar surface area (TPSA) is 15.3 Å². The minimum absolute atomic E-state index is 0.798. The van der Waals surface area contributed by atoms with E-state index < -0.39 is 0 Å². The first-order chi connectivity index (χ1) is 8.35. The third kappa shape index (κ3) is 3.45. The normalized spacial score (nSPS) is 35.3. The molecule has 17 heavy (non-hydrogen) atoms. The summed E-state index contributed by atoms with van der Waals surface area (Å²) in [4.78, 5) is 2.83. The van der Waals surface area contributed by atoms with Crippen molar-refractivity contribution >= 4 is 0 Å². The molecule has 0 amide bonds. The SMILES string of the molecule is CCCNC1CCCC(N2CCCC2CC)C1. The van der Waals surface area contributed by atoms with Crippen LogP contribution in [0.1, 0.15) is 65.2 Å².